The zero-order chi connectivity index (χ0) is 44.8. The molecule has 0 unspecified atom stereocenters. The van der Waals surface area contributed by atoms with E-state index >= 15 is 0 Å². The molecular formula is C60H48N6. The van der Waals surface area contributed by atoms with Crippen LogP contribution in [0, 0.1) is 0 Å². The molecule has 0 saturated heterocycles. The van der Waals surface area contributed by atoms with Gasteiger partial charge in [-0.15, -0.1) is 0 Å². The van der Waals surface area contributed by atoms with Gasteiger partial charge in [0.05, 0.1) is 47.5 Å². The fourth-order valence-electron chi connectivity index (χ4n) is 9.91. The summed E-state index contributed by atoms with van der Waals surface area (Å²) < 4.78 is 0. The Balaban J connectivity index is 0.796. The quantitative estimate of drug-likeness (QED) is 0.128. The van der Waals surface area contributed by atoms with Crippen molar-refractivity contribution in [3.63, 3.8) is 0 Å². The van der Waals surface area contributed by atoms with Gasteiger partial charge in [-0.1, -0.05) is 125 Å². The lowest BCUT2D eigenvalue weighted by Crippen LogP contribution is -2.16. The Bertz CT molecular complexity index is 2980. The third-order valence-electron chi connectivity index (χ3n) is 13.4. The van der Waals surface area contributed by atoms with Gasteiger partial charge in [-0.3, -0.25) is 19.9 Å². The Morgan fingerprint density at radius 2 is 0.606 bits per heavy atom. The lowest BCUT2D eigenvalue weighted by atomic mass is 9.81. The van der Waals surface area contributed by atoms with Gasteiger partial charge in [0.2, 0.25) is 0 Å². The molecule has 6 heteroatoms. The van der Waals surface area contributed by atoms with E-state index in [1.807, 2.05) is 73.8 Å². The molecule has 0 bridgehead atoms. The molecule has 11 rings (SSSR count). The average molecular weight is 853 g/mol. The Hall–Kier alpha value is -8.22. The first-order valence-electron chi connectivity index (χ1n) is 22.5. The Morgan fingerprint density at radius 3 is 0.924 bits per heavy atom. The van der Waals surface area contributed by atoms with Crippen LogP contribution in [0.5, 0.6) is 0 Å². The molecule has 0 fully saturated rings. The largest absolute Gasteiger partial charge is 0.307 e. The second kappa shape index (κ2) is 16.4. The van der Waals surface area contributed by atoms with E-state index in [0.717, 1.165) is 45.3 Å². The summed E-state index contributed by atoms with van der Waals surface area (Å²) in [7, 11) is 0. The van der Waals surface area contributed by atoms with Gasteiger partial charge in [0.25, 0.3) is 0 Å². The molecule has 0 saturated carbocycles. The van der Waals surface area contributed by atoms with E-state index in [-0.39, 0.29) is 10.8 Å². The van der Waals surface area contributed by atoms with Crippen LogP contribution in [0.3, 0.4) is 0 Å². The molecule has 5 aromatic carbocycles. The van der Waals surface area contributed by atoms with Crippen LogP contribution in [0.4, 0.5) is 34.1 Å². The van der Waals surface area contributed by atoms with Gasteiger partial charge in [0.1, 0.15) is 0 Å². The van der Waals surface area contributed by atoms with Gasteiger partial charge in [-0.2, -0.15) is 0 Å². The zero-order valence-electron chi connectivity index (χ0n) is 37.5. The second-order valence-electron chi connectivity index (χ2n) is 18.2. The number of hydrogen-bond donors (Lipinski definition) is 0. The highest BCUT2D eigenvalue weighted by atomic mass is 15.2. The normalized spacial score (nSPS) is 13.9. The van der Waals surface area contributed by atoms with Crippen LogP contribution in [-0.2, 0) is 10.8 Å². The van der Waals surface area contributed by atoms with Gasteiger partial charge in [-0.05, 0) is 140 Å². The number of aromatic nitrogens is 4. The molecule has 4 heterocycles. The number of rotatable bonds is 10. The van der Waals surface area contributed by atoms with Crippen molar-refractivity contribution >= 4 is 58.4 Å². The van der Waals surface area contributed by atoms with Crippen molar-refractivity contribution in [2.24, 2.45) is 0 Å². The summed E-state index contributed by atoms with van der Waals surface area (Å²) in [6.45, 7) is 9.34. The highest BCUT2D eigenvalue weighted by molar-refractivity contribution is 5.88. The zero-order valence-corrected chi connectivity index (χ0v) is 37.5. The van der Waals surface area contributed by atoms with Crippen molar-refractivity contribution in [3.8, 4) is 22.3 Å². The molecule has 318 valence electrons. The van der Waals surface area contributed by atoms with Crippen molar-refractivity contribution in [2.75, 3.05) is 9.80 Å². The summed E-state index contributed by atoms with van der Waals surface area (Å²) >= 11 is 0. The van der Waals surface area contributed by atoms with Gasteiger partial charge < -0.3 is 9.80 Å². The van der Waals surface area contributed by atoms with Crippen molar-refractivity contribution in [2.45, 2.75) is 38.5 Å². The van der Waals surface area contributed by atoms with Crippen molar-refractivity contribution in [1.82, 2.24) is 19.9 Å². The van der Waals surface area contributed by atoms with Crippen molar-refractivity contribution in [3.05, 3.63) is 240 Å². The minimum Gasteiger partial charge on any atom is -0.307 e. The first-order chi connectivity index (χ1) is 32.2. The minimum absolute atomic E-state index is 0.181. The van der Waals surface area contributed by atoms with Crippen molar-refractivity contribution in [1.29, 1.82) is 0 Å². The maximum absolute atomic E-state index is 4.42. The van der Waals surface area contributed by atoms with Gasteiger partial charge in [0.15, 0.2) is 0 Å². The first kappa shape index (κ1) is 40.5. The van der Waals surface area contributed by atoms with Crippen LogP contribution >= 0.6 is 0 Å². The molecular weight excluding hydrogens is 805 g/mol. The number of benzene rings is 5. The third kappa shape index (κ3) is 7.27. The fraction of sp³-hybridized carbons (Fsp3) is 0.100. The van der Waals surface area contributed by atoms with E-state index in [1.54, 1.807) is 0 Å². The van der Waals surface area contributed by atoms with Crippen LogP contribution in [0.1, 0.15) is 72.2 Å². The number of pyridine rings is 4. The average Bonchev–Trinajstić information content (AvgIpc) is 3.72. The van der Waals surface area contributed by atoms with E-state index < -0.39 is 0 Å². The molecule has 0 radical (unpaired) electrons. The topological polar surface area (TPSA) is 58.0 Å². The minimum atomic E-state index is -0.181. The van der Waals surface area contributed by atoms with E-state index in [2.05, 4.69) is 203 Å². The fourth-order valence-corrected chi connectivity index (χ4v) is 9.91. The molecule has 4 aromatic heterocycles. The molecule has 66 heavy (non-hydrogen) atoms. The molecule has 0 spiro atoms. The van der Waals surface area contributed by atoms with Gasteiger partial charge in [0, 0.05) is 47.0 Å². The summed E-state index contributed by atoms with van der Waals surface area (Å²) in [5.74, 6) is 0. The Morgan fingerprint density at radius 1 is 0.318 bits per heavy atom. The number of hydrogen-bond acceptors (Lipinski definition) is 6. The molecule has 9 aromatic rings. The molecule has 2 aliphatic carbocycles. The van der Waals surface area contributed by atoms with E-state index in [4.69, 9.17) is 0 Å². The maximum atomic E-state index is 4.42. The SMILES string of the molecule is CC1(C)c2cc(C=Cc3ccc(C=Cc4ccc5c(c4)C(C)(C)c4cc(N(c6cccnc6)c6cccnc6)ccc4-5)cc3)ccc2-c2ccc(N(c3cccnc3)c3cccnc3)cc21. The molecule has 6 nitrogen and oxygen atoms in total. The van der Waals surface area contributed by atoms with E-state index in [9.17, 15) is 0 Å². The van der Waals surface area contributed by atoms with Crippen LogP contribution in [0.2, 0.25) is 0 Å². The summed E-state index contributed by atoms with van der Waals surface area (Å²) in [6.07, 6.45) is 23.7. The lowest BCUT2D eigenvalue weighted by molar-refractivity contribution is 0.660. The van der Waals surface area contributed by atoms with Crippen LogP contribution in [0.25, 0.3) is 46.6 Å². The second-order valence-corrected chi connectivity index (χ2v) is 18.2. The predicted octanol–water partition coefficient (Wildman–Crippen LogP) is 15.2. The third-order valence-corrected chi connectivity index (χ3v) is 13.4. The molecule has 0 atom stereocenters. The van der Waals surface area contributed by atoms with E-state index in [0.29, 0.717) is 0 Å². The van der Waals surface area contributed by atoms with Crippen LogP contribution in [0.15, 0.2) is 195 Å². The van der Waals surface area contributed by atoms with E-state index in [1.165, 1.54) is 55.6 Å². The predicted molar refractivity (Wildman–Crippen MR) is 273 cm³/mol. The maximum Gasteiger partial charge on any atom is 0.0645 e. The van der Waals surface area contributed by atoms with Crippen molar-refractivity contribution < 1.29 is 0 Å². The molecule has 0 N–H and O–H groups in total. The summed E-state index contributed by atoms with van der Waals surface area (Å²) in [4.78, 5) is 22.1. The Kier molecular flexibility index (Phi) is 10.1. The highest BCUT2D eigenvalue weighted by Gasteiger charge is 2.37. The lowest BCUT2D eigenvalue weighted by Gasteiger charge is -2.27. The number of fused-ring (bicyclic) bond motifs is 6. The molecule has 0 aliphatic heterocycles. The summed E-state index contributed by atoms with van der Waals surface area (Å²) in [5, 5.41) is 0. The van der Waals surface area contributed by atoms with Crippen LogP contribution < -0.4 is 9.80 Å². The number of nitrogens with zero attached hydrogens (tertiary/aromatic N) is 6. The summed E-state index contributed by atoms with van der Waals surface area (Å²) in [6, 6.07) is 52.4. The monoisotopic (exact) mass is 852 g/mol. The summed E-state index contributed by atoms with van der Waals surface area (Å²) in [5.41, 5.74) is 20.9. The standard InChI is InChI=1S/C60H48N6/c1-59(2)55-33-43(21-25-51(55)53-27-23-45(35-57(53)59)65(47-9-5-29-61-37-47)48-10-6-30-62-38-48)19-17-41-13-15-42(16-14-41)18-20-44-22-26-52-54-28-24-46(36-58(54)60(3,4)56(52)34-44)66(49-11-7-31-63-39-49)50-12-8-32-64-40-50/h5-40H,1-4H3. The first-order valence-corrected chi connectivity index (χ1v) is 22.5. The highest BCUT2D eigenvalue weighted by Crippen LogP contribution is 2.52. The molecule has 2 aliphatic rings. The van der Waals surface area contributed by atoms with Gasteiger partial charge in [-0.25, -0.2) is 0 Å². The van der Waals surface area contributed by atoms with Gasteiger partial charge >= 0.3 is 0 Å². The number of anilines is 6. The van der Waals surface area contributed by atoms with Crippen LogP contribution in [-0.4, -0.2) is 19.9 Å². The Labute approximate surface area is 387 Å². The molecule has 0 amide bonds. The smallest absolute Gasteiger partial charge is 0.0645 e.